The van der Waals surface area contributed by atoms with Crippen LogP contribution in [0.1, 0.15) is 27.0 Å². The normalized spacial score (nSPS) is 29.0. The van der Waals surface area contributed by atoms with Crippen LogP contribution in [0.2, 0.25) is 0 Å². The van der Waals surface area contributed by atoms with Crippen molar-refractivity contribution in [2.45, 2.75) is 30.2 Å². The third-order valence-corrected chi connectivity index (χ3v) is 6.38. The molecule has 3 aliphatic heterocycles. The van der Waals surface area contributed by atoms with Gasteiger partial charge >= 0.3 is 5.97 Å². The van der Waals surface area contributed by atoms with Crippen LogP contribution in [0.25, 0.3) is 0 Å². The molecule has 3 aromatic carbocycles. The topological polar surface area (TPSA) is 135 Å². The van der Waals surface area contributed by atoms with E-state index in [9.17, 15) is 25.2 Å². The molecule has 0 radical (unpaired) electrons. The van der Waals surface area contributed by atoms with E-state index < -0.39 is 36.2 Å². The summed E-state index contributed by atoms with van der Waals surface area (Å²) in [7, 11) is 0. The van der Waals surface area contributed by atoms with E-state index in [1.54, 1.807) is 36.4 Å². The Labute approximate surface area is 193 Å². The van der Waals surface area contributed by atoms with Crippen LogP contribution in [0.5, 0.6) is 23.0 Å². The second-order valence-corrected chi connectivity index (χ2v) is 8.42. The Morgan fingerprint density at radius 2 is 1.62 bits per heavy atom. The Balaban J connectivity index is 1.46. The summed E-state index contributed by atoms with van der Waals surface area (Å²) in [5, 5.41) is 39.8. The number of carbonyl (C=O) groups is 1. The average molecular weight is 464 g/mol. The van der Waals surface area contributed by atoms with Gasteiger partial charge in [0.1, 0.15) is 41.3 Å². The molecule has 6 rings (SSSR count). The molecule has 0 bridgehead atoms. The van der Waals surface area contributed by atoms with Crippen molar-refractivity contribution in [3.05, 3.63) is 82.9 Å². The van der Waals surface area contributed by atoms with Gasteiger partial charge in [0, 0.05) is 28.8 Å². The van der Waals surface area contributed by atoms with Crippen LogP contribution >= 0.6 is 0 Å². The van der Waals surface area contributed by atoms with Crippen molar-refractivity contribution in [1.82, 2.24) is 0 Å². The SMILES string of the molecule is O=C1OC2(c3ccc(O)cc3Oc3cc(O[C@@H]4OC[C@H](O)[C@H](O)[C@H]4O)ccc32)c2ccccc21. The van der Waals surface area contributed by atoms with Gasteiger partial charge in [-0.15, -0.1) is 0 Å². The summed E-state index contributed by atoms with van der Waals surface area (Å²) in [6, 6.07) is 16.5. The maximum atomic E-state index is 12.8. The van der Waals surface area contributed by atoms with Gasteiger partial charge in [-0.25, -0.2) is 4.79 Å². The van der Waals surface area contributed by atoms with E-state index in [1.165, 1.54) is 12.1 Å². The van der Waals surface area contributed by atoms with Gasteiger partial charge in [0.2, 0.25) is 6.29 Å². The number of benzene rings is 3. The Kier molecular flexibility index (Phi) is 4.58. The van der Waals surface area contributed by atoms with Crippen molar-refractivity contribution >= 4 is 5.97 Å². The van der Waals surface area contributed by atoms with Gasteiger partial charge in [-0.2, -0.15) is 0 Å². The average Bonchev–Trinajstić information content (AvgIpc) is 3.12. The molecule has 1 unspecified atom stereocenters. The maximum Gasteiger partial charge on any atom is 0.340 e. The minimum Gasteiger partial charge on any atom is -0.508 e. The first kappa shape index (κ1) is 20.9. The van der Waals surface area contributed by atoms with E-state index >= 15 is 0 Å². The van der Waals surface area contributed by atoms with Crippen LogP contribution in [0, 0.1) is 0 Å². The van der Waals surface area contributed by atoms with Gasteiger partial charge in [-0.05, 0) is 30.3 Å². The molecule has 5 atom stereocenters. The van der Waals surface area contributed by atoms with Crippen molar-refractivity contribution in [3.63, 3.8) is 0 Å². The number of phenols is 1. The van der Waals surface area contributed by atoms with Gasteiger partial charge < -0.3 is 39.4 Å². The number of hydrogen-bond acceptors (Lipinski definition) is 9. The van der Waals surface area contributed by atoms with Crippen LogP contribution < -0.4 is 9.47 Å². The molecule has 3 aliphatic rings. The zero-order valence-electron chi connectivity index (χ0n) is 17.6. The van der Waals surface area contributed by atoms with E-state index in [0.717, 1.165) is 0 Å². The predicted octanol–water partition coefficient (Wildman–Crippen LogP) is 1.78. The molecular weight excluding hydrogens is 444 g/mol. The summed E-state index contributed by atoms with van der Waals surface area (Å²) in [5.41, 5.74) is 0.906. The molecule has 4 N–H and O–H groups in total. The number of hydrogen-bond donors (Lipinski definition) is 4. The van der Waals surface area contributed by atoms with E-state index in [4.69, 9.17) is 18.9 Å². The molecular formula is C25H20O9. The minimum atomic E-state index is -1.47. The minimum absolute atomic E-state index is 0.0198. The summed E-state index contributed by atoms with van der Waals surface area (Å²) in [4.78, 5) is 12.8. The Bertz CT molecular complexity index is 1310. The second-order valence-electron chi connectivity index (χ2n) is 8.42. The molecule has 9 nitrogen and oxygen atoms in total. The standard InChI is InChI=1S/C25H20O9/c26-12-5-7-16-19(9-12)33-20-10-13(32-24-22(29)21(28)18(27)11-31-24)6-8-17(20)25(16)15-4-2-1-3-14(15)23(30)34-25/h1-10,18,21-22,24,26-29H,11H2/t18-,21-,22+,24-,25?/m0/s1. The number of aromatic hydroxyl groups is 1. The monoisotopic (exact) mass is 464 g/mol. The molecule has 3 heterocycles. The van der Waals surface area contributed by atoms with Crippen molar-refractivity contribution < 1.29 is 44.2 Å². The molecule has 174 valence electrons. The lowest BCUT2D eigenvalue weighted by molar-refractivity contribution is -0.242. The van der Waals surface area contributed by atoms with Crippen LogP contribution in [0.3, 0.4) is 0 Å². The van der Waals surface area contributed by atoms with Crippen LogP contribution in [-0.4, -0.2) is 57.6 Å². The molecule has 0 aliphatic carbocycles. The first-order chi connectivity index (χ1) is 16.4. The highest BCUT2D eigenvalue weighted by Gasteiger charge is 2.53. The van der Waals surface area contributed by atoms with Gasteiger partial charge in [-0.3, -0.25) is 0 Å². The zero-order chi connectivity index (χ0) is 23.6. The smallest absolute Gasteiger partial charge is 0.340 e. The fraction of sp³-hybridized carbons (Fsp3) is 0.240. The molecule has 34 heavy (non-hydrogen) atoms. The lowest BCUT2D eigenvalue weighted by Gasteiger charge is -2.37. The van der Waals surface area contributed by atoms with E-state index in [0.29, 0.717) is 33.8 Å². The molecule has 0 aromatic heterocycles. The van der Waals surface area contributed by atoms with Gasteiger partial charge in [-0.1, -0.05) is 18.2 Å². The summed E-state index contributed by atoms with van der Waals surface area (Å²) in [5.74, 6) is 0.373. The van der Waals surface area contributed by atoms with Crippen LogP contribution in [0.15, 0.2) is 60.7 Å². The largest absolute Gasteiger partial charge is 0.508 e. The first-order valence-corrected chi connectivity index (χ1v) is 10.7. The summed E-state index contributed by atoms with van der Waals surface area (Å²) < 4.78 is 23.1. The molecule has 9 heteroatoms. The van der Waals surface area contributed by atoms with Gasteiger partial charge in [0.15, 0.2) is 5.60 Å². The number of phenolic OH excluding ortho intramolecular Hbond substituents is 1. The Morgan fingerprint density at radius 3 is 2.44 bits per heavy atom. The quantitative estimate of drug-likeness (QED) is 0.419. The van der Waals surface area contributed by atoms with Crippen LogP contribution in [0.4, 0.5) is 0 Å². The fourth-order valence-corrected chi connectivity index (χ4v) is 4.74. The lowest BCUT2D eigenvalue weighted by Crippen LogP contribution is -2.54. The second kappa shape index (κ2) is 7.44. The van der Waals surface area contributed by atoms with E-state index in [1.807, 2.05) is 12.1 Å². The number of fused-ring (bicyclic) bond motifs is 6. The number of aliphatic hydroxyl groups excluding tert-OH is 3. The molecule has 0 saturated carbocycles. The number of carbonyl (C=O) groups excluding carboxylic acids is 1. The summed E-state index contributed by atoms with van der Waals surface area (Å²) >= 11 is 0. The number of rotatable bonds is 2. The molecule has 1 fully saturated rings. The van der Waals surface area contributed by atoms with Gasteiger partial charge in [0.05, 0.1) is 12.2 Å². The third-order valence-electron chi connectivity index (χ3n) is 6.38. The predicted molar refractivity (Wildman–Crippen MR) is 115 cm³/mol. The molecule has 0 amide bonds. The highest BCUT2D eigenvalue weighted by molar-refractivity contribution is 5.97. The van der Waals surface area contributed by atoms with Crippen LogP contribution in [-0.2, 0) is 15.1 Å². The number of esters is 1. The zero-order valence-corrected chi connectivity index (χ0v) is 17.6. The summed E-state index contributed by atoms with van der Waals surface area (Å²) in [6.07, 6.45) is -5.31. The Morgan fingerprint density at radius 1 is 0.882 bits per heavy atom. The number of ether oxygens (including phenoxy) is 4. The van der Waals surface area contributed by atoms with E-state index in [2.05, 4.69) is 0 Å². The third kappa shape index (κ3) is 2.92. The van der Waals surface area contributed by atoms with Crippen molar-refractivity contribution in [1.29, 1.82) is 0 Å². The summed E-state index contributed by atoms with van der Waals surface area (Å²) in [6.45, 7) is -0.202. The molecule has 1 saturated heterocycles. The lowest BCUT2D eigenvalue weighted by atomic mass is 9.77. The first-order valence-electron chi connectivity index (χ1n) is 10.7. The van der Waals surface area contributed by atoms with Crippen molar-refractivity contribution in [2.24, 2.45) is 0 Å². The van der Waals surface area contributed by atoms with Crippen molar-refractivity contribution in [3.8, 4) is 23.0 Å². The van der Waals surface area contributed by atoms with Gasteiger partial charge in [0.25, 0.3) is 0 Å². The van der Waals surface area contributed by atoms with Crippen molar-refractivity contribution in [2.75, 3.05) is 6.61 Å². The molecule has 3 aromatic rings. The number of aliphatic hydroxyl groups is 3. The Hall–Kier alpha value is -3.63. The highest BCUT2D eigenvalue weighted by Crippen LogP contribution is 2.57. The maximum absolute atomic E-state index is 12.8. The fourth-order valence-electron chi connectivity index (χ4n) is 4.74. The highest BCUT2D eigenvalue weighted by atomic mass is 16.7. The molecule has 1 spiro atoms. The van der Waals surface area contributed by atoms with E-state index in [-0.39, 0.29) is 18.1 Å².